The van der Waals surface area contributed by atoms with E-state index in [0.717, 1.165) is 43.0 Å². The van der Waals surface area contributed by atoms with Crippen LogP contribution >= 0.6 is 0 Å². The van der Waals surface area contributed by atoms with Gasteiger partial charge >= 0.3 is 0 Å². The van der Waals surface area contributed by atoms with Crippen LogP contribution in [0.4, 0.5) is 11.6 Å². The van der Waals surface area contributed by atoms with Crippen LogP contribution in [0.25, 0.3) is 0 Å². The molecular formula is C17H30N4. The first-order valence-electron chi connectivity index (χ1n) is 8.24. The number of rotatable bonds is 4. The normalized spacial score (nSPS) is 19.1. The largest absolute Gasteiger partial charge is 0.370 e. The van der Waals surface area contributed by atoms with Gasteiger partial charge in [-0.3, -0.25) is 0 Å². The van der Waals surface area contributed by atoms with Crippen LogP contribution < -0.4 is 10.2 Å². The zero-order valence-corrected chi connectivity index (χ0v) is 14.5. The first-order valence-corrected chi connectivity index (χ1v) is 8.24. The summed E-state index contributed by atoms with van der Waals surface area (Å²) in [6.07, 6.45) is 2.54. The van der Waals surface area contributed by atoms with E-state index in [1.165, 1.54) is 18.4 Å². The Kier molecular flexibility index (Phi) is 4.74. The summed E-state index contributed by atoms with van der Waals surface area (Å²) < 4.78 is 0. The Morgan fingerprint density at radius 2 is 1.95 bits per heavy atom. The van der Waals surface area contributed by atoms with Crippen molar-refractivity contribution in [1.29, 1.82) is 0 Å². The van der Waals surface area contributed by atoms with Gasteiger partial charge in [0.15, 0.2) is 0 Å². The molecule has 1 N–H and O–H groups in total. The Hall–Kier alpha value is -1.32. The van der Waals surface area contributed by atoms with Crippen LogP contribution in [0.5, 0.6) is 0 Å². The van der Waals surface area contributed by atoms with Crippen molar-refractivity contribution in [3.8, 4) is 0 Å². The van der Waals surface area contributed by atoms with E-state index in [0.29, 0.717) is 0 Å². The molecule has 4 heteroatoms. The average Bonchev–Trinajstić information content (AvgIpc) is 2.88. The van der Waals surface area contributed by atoms with Crippen LogP contribution in [-0.2, 0) is 5.41 Å². The Morgan fingerprint density at radius 1 is 1.24 bits per heavy atom. The van der Waals surface area contributed by atoms with Crippen molar-refractivity contribution >= 4 is 11.6 Å². The van der Waals surface area contributed by atoms with Gasteiger partial charge in [-0.05, 0) is 26.2 Å². The molecule has 1 aromatic heterocycles. The minimum atomic E-state index is -0.0312. The van der Waals surface area contributed by atoms with Gasteiger partial charge < -0.3 is 10.2 Å². The van der Waals surface area contributed by atoms with Crippen molar-refractivity contribution in [3.63, 3.8) is 0 Å². The molecule has 4 nitrogen and oxygen atoms in total. The van der Waals surface area contributed by atoms with E-state index in [-0.39, 0.29) is 5.41 Å². The van der Waals surface area contributed by atoms with Gasteiger partial charge in [-0.15, -0.1) is 0 Å². The quantitative estimate of drug-likeness (QED) is 0.917. The molecular weight excluding hydrogens is 260 g/mol. The van der Waals surface area contributed by atoms with Crippen LogP contribution in [0, 0.1) is 12.8 Å². The Morgan fingerprint density at radius 3 is 2.48 bits per heavy atom. The lowest BCUT2D eigenvalue weighted by Crippen LogP contribution is -2.26. The standard InChI is InChI=1S/C17H30N4/c1-7-13-9-10-21(11-13)15-12(3)14(18-8-2)19-16(20-15)17(4,5)6/h13H,7-11H2,1-6H3,(H,18,19,20). The predicted molar refractivity (Wildman–Crippen MR) is 90.2 cm³/mol. The minimum Gasteiger partial charge on any atom is -0.370 e. The summed E-state index contributed by atoms with van der Waals surface area (Å²) >= 11 is 0. The molecule has 0 saturated carbocycles. The molecule has 0 bridgehead atoms. The van der Waals surface area contributed by atoms with E-state index in [1.807, 2.05) is 0 Å². The number of hydrogen-bond acceptors (Lipinski definition) is 4. The van der Waals surface area contributed by atoms with E-state index in [9.17, 15) is 0 Å². The second kappa shape index (κ2) is 6.20. The molecule has 1 saturated heterocycles. The number of anilines is 2. The molecule has 1 aromatic rings. The SMILES string of the molecule is CCNc1nc(C(C)(C)C)nc(N2CCC(CC)C2)c1C. The first kappa shape index (κ1) is 16.1. The maximum atomic E-state index is 4.91. The Bertz CT molecular complexity index is 490. The van der Waals surface area contributed by atoms with Gasteiger partial charge in [0, 0.05) is 30.6 Å². The van der Waals surface area contributed by atoms with Crippen LogP contribution in [0.3, 0.4) is 0 Å². The Labute approximate surface area is 129 Å². The fourth-order valence-corrected chi connectivity index (χ4v) is 2.85. The summed E-state index contributed by atoms with van der Waals surface area (Å²) in [7, 11) is 0. The van der Waals surface area contributed by atoms with Gasteiger partial charge in [-0.25, -0.2) is 9.97 Å². The van der Waals surface area contributed by atoms with Crippen LogP contribution in [0.15, 0.2) is 0 Å². The molecule has 2 rings (SSSR count). The van der Waals surface area contributed by atoms with Crippen LogP contribution in [0.1, 0.15) is 58.8 Å². The summed E-state index contributed by atoms with van der Waals surface area (Å²) in [5.74, 6) is 3.85. The van der Waals surface area contributed by atoms with Crippen LogP contribution in [0.2, 0.25) is 0 Å². The van der Waals surface area contributed by atoms with Crippen molar-refractivity contribution in [2.45, 2.75) is 59.8 Å². The highest BCUT2D eigenvalue weighted by Crippen LogP contribution is 2.32. The fourth-order valence-electron chi connectivity index (χ4n) is 2.85. The maximum absolute atomic E-state index is 4.91. The lowest BCUT2D eigenvalue weighted by Gasteiger charge is -2.25. The summed E-state index contributed by atoms with van der Waals surface area (Å²) in [6.45, 7) is 16.2. The fraction of sp³-hybridized carbons (Fsp3) is 0.765. The van der Waals surface area contributed by atoms with E-state index in [2.05, 4.69) is 51.8 Å². The molecule has 0 aromatic carbocycles. The highest BCUT2D eigenvalue weighted by atomic mass is 15.2. The third-order valence-electron chi connectivity index (χ3n) is 4.30. The first-order chi connectivity index (χ1) is 9.86. The van der Waals surface area contributed by atoms with E-state index in [1.54, 1.807) is 0 Å². The molecule has 0 amide bonds. The van der Waals surface area contributed by atoms with Crippen molar-refractivity contribution in [3.05, 3.63) is 11.4 Å². The topological polar surface area (TPSA) is 41.1 Å². The molecule has 21 heavy (non-hydrogen) atoms. The molecule has 1 aliphatic heterocycles. The summed E-state index contributed by atoms with van der Waals surface area (Å²) in [5, 5.41) is 3.40. The molecule has 0 spiro atoms. The van der Waals surface area contributed by atoms with Gasteiger partial charge in [0.05, 0.1) is 0 Å². The van der Waals surface area contributed by atoms with E-state index < -0.39 is 0 Å². The number of aromatic nitrogens is 2. The molecule has 0 radical (unpaired) electrons. The average molecular weight is 290 g/mol. The van der Waals surface area contributed by atoms with E-state index >= 15 is 0 Å². The third-order valence-corrected chi connectivity index (χ3v) is 4.30. The van der Waals surface area contributed by atoms with Crippen molar-refractivity contribution in [1.82, 2.24) is 9.97 Å². The number of hydrogen-bond donors (Lipinski definition) is 1. The molecule has 1 fully saturated rings. The summed E-state index contributed by atoms with van der Waals surface area (Å²) in [5.41, 5.74) is 1.15. The summed E-state index contributed by atoms with van der Waals surface area (Å²) in [4.78, 5) is 12.1. The molecule has 0 aliphatic carbocycles. The van der Waals surface area contributed by atoms with Gasteiger partial charge in [-0.1, -0.05) is 34.1 Å². The van der Waals surface area contributed by atoms with Gasteiger partial charge in [-0.2, -0.15) is 0 Å². The lowest BCUT2D eigenvalue weighted by atomic mass is 9.95. The Balaban J connectivity index is 2.41. The zero-order valence-electron chi connectivity index (χ0n) is 14.5. The van der Waals surface area contributed by atoms with Crippen molar-refractivity contribution in [2.24, 2.45) is 5.92 Å². The molecule has 1 unspecified atom stereocenters. The zero-order chi connectivity index (χ0) is 15.6. The number of nitrogens with zero attached hydrogens (tertiary/aromatic N) is 3. The smallest absolute Gasteiger partial charge is 0.138 e. The van der Waals surface area contributed by atoms with Gasteiger partial charge in [0.2, 0.25) is 0 Å². The third kappa shape index (κ3) is 3.47. The maximum Gasteiger partial charge on any atom is 0.138 e. The molecule has 1 atom stereocenters. The van der Waals surface area contributed by atoms with Crippen molar-refractivity contribution < 1.29 is 0 Å². The lowest BCUT2D eigenvalue weighted by molar-refractivity contribution is 0.543. The molecule has 2 heterocycles. The predicted octanol–water partition coefficient (Wildman–Crippen LogP) is 3.75. The van der Waals surface area contributed by atoms with Crippen LogP contribution in [-0.4, -0.2) is 29.6 Å². The molecule has 118 valence electrons. The highest BCUT2D eigenvalue weighted by molar-refractivity contribution is 5.59. The van der Waals surface area contributed by atoms with Gasteiger partial charge in [0.1, 0.15) is 17.5 Å². The second-order valence-electron chi connectivity index (χ2n) is 7.13. The molecule has 1 aliphatic rings. The minimum absolute atomic E-state index is 0.0312. The summed E-state index contributed by atoms with van der Waals surface area (Å²) in [6, 6.07) is 0. The monoisotopic (exact) mass is 290 g/mol. The van der Waals surface area contributed by atoms with E-state index in [4.69, 9.17) is 9.97 Å². The highest BCUT2D eigenvalue weighted by Gasteiger charge is 2.27. The second-order valence-corrected chi connectivity index (χ2v) is 7.13. The van der Waals surface area contributed by atoms with Crippen molar-refractivity contribution in [2.75, 3.05) is 29.9 Å². The number of nitrogens with one attached hydrogen (secondary N) is 1. The van der Waals surface area contributed by atoms with Gasteiger partial charge in [0.25, 0.3) is 0 Å².